The van der Waals surface area contributed by atoms with Crippen LogP contribution in [0.1, 0.15) is 32.5 Å². The van der Waals surface area contributed by atoms with Crippen molar-refractivity contribution in [3.63, 3.8) is 0 Å². The quantitative estimate of drug-likeness (QED) is 0.769. The highest BCUT2D eigenvalue weighted by Gasteiger charge is 2.13. The second-order valence-electron chi connectivity index (χ2n) is 3.57. The first-order valence-electron chi connectivity index (χ1n) is 5.11. The lowest BCUT2D eigenvalue weighted by atomic mass is 10.2. The Morgan fingerprint density at radius 2 is 2.33 bits per heavy atom. The molecule has 0 radical (unpaired) electrons. The Labute approximate surface area is 94.7 Å². The lowest BCUT2D eigenvalue weighted by Gasteiger charge is -2.21. The molecule has 1 atom stereocenters. The van der Waals surface area contributed by atoms with Crippen LogP contribution in [0.2, 0.25) is 0 Å². The van der Waals surface area contributed by atoms with Gasteiger partial charge in [0, 0.05) is 31.0 Å². The first-order chi connectivity index (χ1) is 7.19. The van der Waals surface area contributed by atoms with Crippen LogP contribution in [0.5, 0.6) is 0 Å². The Morgan fingerprint density at radius 1 is 1.60 bits per heavy atom. The van der Waals surface area contributed by atoms with Crippen LogP contribution in [0.3, 0.4) is 0 Å². The highest BCUT2D eigenvalue weighted by molar-refractivity contribution is 7.09. The summed E-state index contributed by atoms with van der Waals surface area (Å²) in [6.45, 7) is 4.13. The second kappa shape index (κ2) is 5.66. The van der Waals surface area contributed by atoms with Gasteiger partial charge in [-0.3, -0.25) is 0 Å². The van der Waals surface area contributed by atoms with Crippen molar-refractivity contribution in [2.24, 2.45) is 0 Å². The van der Waals surface area contributed by atoms with Gasteiger partial charge in [0.2, 0.25) is 5.13 Å². The molecule has 0 aromatic carbocycles. The summed E-state index contributed by atoms with van der Waals surface area (Å²) < 4.78 is 4.28. The van der Waals surface area contributed by atoms with Crippen molar-refractivity contribution in [3.05, 3.63) is 5.82 Å². The van der Waals surface area contributed by atoms with E-state index in [1.807, 2.05) is 18.9 Å². The molecule has 1 aromatic rings. The van der Waals surface area contributed by atoms with Gasteiger partial charge in [0.05, 0.1) is 12.5 Å². The molecule has 1 heterocycles. The molecule has 82 valence electrons. The molecule has 1 aromatic heterocycles. The number of nitriles is 1. The lowest BCUT2D eigenvalue weighted by molar-refractivity contribution is 0.698. The van der Waals surface area contributed by atoms with E-state index in [1.165, 1.54) is 11.5 Å². The van der Waals surface area contributed by atoms with Gasteiger partial charge in [-0.15, -0.1) is 0 Å². The summed E-state index contributed by atoms with van der Waals surface area (Å²) in [4.78, 5) is 6.44. The van der Waals surface area contributed by atoms with E-state index in [-0.39, 0.29) is 6.04 Å². The van der Waals surface area contributed by atoms with E-state index in [0.717, 1.165) is 23.8 Å². The van der Waals surface area contributed by atoms with Gasteiger partial charge in [0.1, 0.15) is 5.82 Å². The summed E-state index contributed by atoms with van der Waals surface area (Å²) >= 11 is 1.41. The Morgan fingerprint density at radius 3 is 2.93 bits per heavy atom. The Hall–Kier alpha value is -1.15. The summed E-state index contributed by atoms with van der Waals surface area (Å²) in [6.07, 6.45) is 2.50. The van der Waals surface area contributed by atoms with Gasteiger partial charge in [0.15, 0.2) is 0 Å². The maximum absolute atomic E-state index is 8.61. The molecule has 0 aliphatic heterocycles. The van der Waals surface area contributed by atoms with Gasteiger partial charge in [0.25, 0.3) is 0 Å². The first-order valence-corrected chi connectivity index (χ1v) is 5.88. The van der Waals surface area contributed by atoms with Crippen molar-refractivity contribution in [1.29, 1.82) is 5.26 Å². The number of anilines is 1. The molecular formula is C10H16N4S. The van der Waals surface area contributed by atoms with Crippen LogP contribution in [0.25, 0.3) is 0 Å². The fourth-order valence-electron chi connectivity index (χ4n) is 1.17. The zero-order valence-corrected chi connectivity index (χ0v) is 10.2. The second-order valence-corrected chi connectivity index (χ2v) is 4.30. The average molecular weight is 224 g/mol. The molecule has 4 nitrogen and oxygen atoms in total. The molecule has 0 bridgehead atoms. The van der Waals surface area contributed by atoms with E-state index >= 15 is 0 Å². The Bertz CT molecular complexity index is 341. The van der Waals surface area contributed by atoms with Crippen molar-refractivity contribution in [2.45, 2.75) is 39.2 Å². The van der Waals surface area contributed by atoms with Gasteiger partial charge < -0.3 is 4.90 Å². The molecule has 1 unspecified atom stereocenters. The minimum atomic E-state index is 0.192. The molecule has 0 amide bonds. The first kappa shape index (κ1) is 11.9. The molecule has 0 fully saturated rings. The summed E-state index contributed by atoms with van der Waals surface area (Å²) in [5, 5.41) is 9.52. The number of aryl methyl sites for hydroxylation is 1. The van der Waals surface area contributed by atoms with E-state index in [0.29, 0.717) is 6.42 Å². The number of hydrogen-bond donors (Lipinski definition) is 0. The largest absolute Gasteiger partial charge is 0.346 e. The lowest BCUT2D eigenvalue weighted by Crippen LogP contribution is -2.28. The fourth-order valence-corrected chi connectivity index (χ4v) is 1.94. The van der Waals surface area contributed by atoms with Crippen LogP contribution < -0.4 is 4.90 Å². The third kappa shape index (κ3) is 3.17. The van der Waals surface area contributed by atoms with E-state index in [9.17, 15) is 0 Å². The Balaban J connectivity index is 2.65. The fraction of sp³-hybridized carbons (Fsp3) is 0.700. The van der Waals surface area contributed by atoms with Crippen molar-refractivity contribution >= 4 is 16.7 Å². The van der Waals surface area contributed by atoms with Crippen LogP contribution >= 0.6 is 11.5 Å². The third-order valence-corrected chi connectivity index (χ3v) is 3.13. The van der Waals surface area contributed by atoms with E-state index in [1.54, 1.807) is 0 Å². The van der Waals surface area contributed by atoms with Crippen LogP contribution in [0.15, 0.2) is 0 Å². The zero-order chi connectivity index (χ0) is 11.3. The van der Waals surface area contributed by atoms with Gasteiger partial charge in [-0.2, -0.15) is 9.64 Å². The van der Waals surface area contributed by atoms with Crippen LogP contribution in [0.4, 0.5) is 5.13 Å². The predicted molar refractivity (Wildman–Crippen MR) is 62.0 cm³/mol. The summed E-state index contributed by atoms with van der Waals surface area (Å²) in [5.74, 6) is 0.911. The van der Waals surface area contributed by atoms with E-state index in [2.05, 4.69) is 22.4 Å². The maximum Gasteiger partial charge on any atom is 0.205 e. The average Bonchev–Trinajstić information content (AvgIpc) is 2.66. The molecule has 0 spiro atoms. The maximum atomic E-state index is 8.61. The molecule has 1 rings (SSSR count). The molecule has 0 saturated heterocycles. The third-order valence-electron chi connectivity index (χ3n) is 2.28. The molecule has 0 N–H and O–H groups in total. The van der Waals surface area contributed by atoms with Crippen molar-refractivity contribution in [3.8, 4) is 6.07 Å². The number of nitrogens with zero attached hydrogens (tertiary/aromatic N) is 4. The van der Waals surface area contributed by atoms with Crippen molar-refractivity contribution in [1.82, 2.24) is 9.36 Å². The highest BCUT2D eigenvalue weighted by atomic mass is 32.1. The molecule has 15 heavy (non-hydrogen) atoms. The SMILES string of the molecule is CCCc1nsc(N(C)C(C)CC#N)n1. The van der Waals surface area contributed by atoms with Crippen LogP contribution in [0, 0.1) is 11.3 Å². The zero-order valence-electron chi connectivity index (χ0n) is 9.40. The van der Waals surface area contributed by atoms with E-state index in [4.69, 9.17) is 5.26 Å². The molecule has 0 saturated carbocycles. The highest BCUT2D eigenvalue weighted by Crippen LogP contribution is 2.19. The summed E-state index contributed by atoms with van der Waals surface area (Å²) in [6, 6.07) is 2.36. The molecular weight excluding hydrogens is 208 g/mol. The van der Waals surface area contributed by atoms with E-state index < -0.39 is 0 Å². The van der Waals surface area contributed by atoms with Crippen LogP contribution in [-0.2, 0) is 6.42 Å². The monoisotopic (exact) mass is 224 g/mol. The van der Waals surface area contributed by atoms with Gasteiger partial charge in [-0.05, 0) is 13.3 Å². The smallest absolute Gasteiger partial charge is 0.205 e. The normalized spacial score (nSPS) is 12.1. The molecule has 5 heteroatoms. The van der Waals surface area contributed by atoms with Crippen molar-refractivity contribution in [2.75, 3.05) is 11.9 Å². The standard InChI is InChI=1S/C10H16N4S/c1-4-5-9-12-10(15-13-9)14(3)8(2)6-7-11/h8H,4-6H2,1-3H3. The molecule has 0 aliphatic carbocycles. The minimum Gasteiger partial charge on any atom is -0.346 e. The van der Waals surface area contributed by atoms with Gasteiger partial charge in [-0.25, -0.2) is 4.98 Å². The van der Waals surface area contributed by atoms with Crippen molar-refractivity contribution < 1.29 is 0 Å². The summed E-state index contributed by atoms with van der Waals surface area (Å²) in [5.41, 5.74) is 0. The number of hydrogen-bond acceptors (Lipinski definition) is 5. The van der Waals surface area contributed by atoms with Crippen LogP contribution in [-0.4, -0.2) is 22.4 Å². The topological polar surface area (TPSA) is 52.8 Å². The number of rotatable bonds is 5. The predicted octanol–water partition coefficient (Wildman–Crippen LogP) is 2.23. The summed E-state index contributed by atoms with van der Waals surface area (Å²) in [7, 11) is 1.96. The van der Waals surface area contributed by atoms with Gasteiger partial charge in [-0.1, -0.05) is 6.92 Å². The number of aromatic nitrogens is 2. The Kier molecular flexibility index (Phi) is 4.50. The minimum absolute atomic E-state index is 0.192. The molecule has 0 aliphatic rings. The van der Waals surface area contributed by atoms with Gasteiger partial charge >= 0.3 is 0 Å².